The Morgan fingerprint density at radius 2 is 1.91 bits per heavy atom. The predicted octanol–water partition coefficient (Wildman–Crippen LogP) is 2.20. The normalized spacial score (nSPS) is 17.3. The number of nitrogens with zero attached hydrogens (tertiary/aromatic N) is 6. The van der Waals surface area contributed by atoms with Crippen molar-refractivity contribution < 1.29 is 0 Å². The molecule has 8 nitrogen and oxygen atoms in total. The molecule has 2 aromatic heterocycles. The van der Waals surface area contributed by atoms with Gasteiger partial charge in [0.25, 0.3) is 5.56 Å². The summed E-state index contributed by atoms with van der Waals surface area (Å²) in [5.41, 5.74) is 1.74. The monoisotopic (exact) mass is 452 g/mol. The van der Waals surface area contributed by atoms with E-state index in [1.807, 2.05) is 0 Å². The molecule has 1 saturated heterocycles. The second kappa shape index (κ2) is 10.5. The molecule has 0 saturated carbocycles. The van der Waals surface area contributed by atoms with Crippen LogP contribution in [-0.4, -0.2) is 60.7 Å². The molecule has 1 aliphatic rings. The molecule has 33 heavy (non-hydrogen) atoms. The molecular formula is C25H36N6O2. The first-order chi connectivity index (χ1) is 16.0. The van der Waals surface area contributed by atoms with Gasteiger partial charge in [-0.05, 0) is 44.3 Å². The van der Waals surface area contributed by atoms with Gasteiger partial charge < -0.3 is 4.57 Å². The van der Waals surface area contributed by atoms with E-state index in [0.29, 0.717) is 23.8 Å². The number of imidazole rings is 1. The molecule has 3 aromatic rings. The Morgan fingerprint density at radius 3 is 2.67 bits per heavy atom. The number of piperidine rings is 1. The highest BCUT2D eigenvalue weighted by Gasteiger charge is 2.25. The van der Waals surface area contributed by atoms with Gasteiger partial charge in [0.2, 0.25) is 0 Å². The van der Waals surface area contributed by atoms with Crippen molar-refractivity contribution in [2.45, 2.75) is 51.7 Å². The molecule has 178 valence electrons. The maximum absolute atomic E-state index is 13.0. The number of benzene rings is 1. The molecule has 3 heterocycles. The van der Waals surface area contributed by atoms with Crippen molar-refractivity contribution >= 4 is 11.2 Å². The summed E-state index contributed by atoms with van der Waals surface area (Å²) in [5.74, 6) is 0. The zero-order valence-corrected chi connectivity index (χ0v) is 20.1. The SMILES string of the molecule is CCCN(CCCn1c(=O)c2c(ncn2C)n(C)c1=O)C1CCCN(Cc2ccccc2)C1. The summed E-state index contributed by atoms with van der Waals surface area (Å²) < 4.78 is 4.54. The number of fused-ring (bicyclic) bond motifs is 1. The molecule has 0 amide bonds. The third-order valence-corrected chi connectivity index (χ3v) is 6.78. The highest BCUT2D eigenvalue weighted by molar-refractivity contribution is 5.69. The highest BCUT2D eigenvalue weighted by Crippen LogP contribution is 2.19. The van der Waals surface area contributed by atoms with Crippen molar-refractivity contribution in [1.82, 2.24) is 28.5 Å². The summed E-state index contributed by atoms with van der Waals surface area (Å²) in [7, 11) is 3.47. The Bertz CT molecular complexity index is 1180. The van der Waals surface area contributed by atoms with Gasteiger partial charge in [0.05, 0.1) is 6.33 Å². The van der Waals surface area contributed by atoms with Crippen LogP contribution in [0.2, 0.25) is 0 Å². The molecule has 0 N–H and O–H groups in total. The van der Waals surface area contributed by atoms with E-state index in [9.17, 15) is 9.59 Å². The minimum absolute atomic E-state index is 0.248. The standard InChI is InChI=1S/C25H36N6O2/c1-4-13-30(21-12-8-14-29(18-21)17-20-10-6-5-7-11-20)15-9-16-31-24(32)22-23(26-19-27(22)2)28(3)25(31)33/h5-7,10-11,19,21H,4,8-9,12-18H2,1-3H3. The first-order valence-electron chi connectivity index (χ1n) is 12.1. The van der Waals surface area contributed by atoms with Gasteiger partial charge in [-0.2, -0.15) is 0 Å². The van der Waals surface area contributed by atoms with Crippen LogP contribution >= 0.6 is 0 Å². The molecule has 0 radical (unpaired) electrons. The highest BCUT2D eigenvalue weighted by atomic mass is 16.2. The van der Waals surface area contributed by atoms with E-state index in [1.54, 1.807) is 25.0 Å². The van der Waals surface area contributed by atoms with Crippen LogP contribution in [0.25, 0.3) is 11.2 Å². The number of aryl methyl sites for hydroxylation is 2. The average Bonchev–Trinajstić information content (AvgIpc) is 3.21. The lowest BCUT2D eigenvalue weighted by Gasteiger charge is -2.39. The largest absolute Gasteiger partial charge is 0.332 e. The van der Waals surface area contributed by atoms with Crippen LogP contribution in [0.5, 0.6) is 0 Å². The summed E-state index contributed by atoms with van der Waals surface area (Å²) in [4.78, 5) is 35.1. The summed E-state index contributed by atoms with van der Waals surface area (Å²) in [6.45, 7) is 7.77. The average molecular weight is 453 g/mol. The Hall–Kier alpha value is -2.71. The number of likely N-dealkylation sites (tertiary alicyclic amines) is 1. The fourth-order valence-electron chi connectivity index (χ4n) is 5.10. The van der Waals surface area contributed by atoms with E-state index in [4.69, 9.17) is 0 Å². The summed E-state index contributed by atoms with van der Waals surface area (Å²) in [6.07, 6.45) is 5.86. The molecule has 1 fully saturated rings. The van der Waals surface area contributed by atoms with E-state index in [0.717, 1.165) is 45.6 Å². The molecule has 0 aliphatic carbocycles. The fraction of sp³-hybridized carbons (Fsp3) is 0.560. The lowest BCUT2D eigenvalue weighted by molar-refractivity contribution is 0.0908. The lowest BCUT2D eigenvalue weighted by atomic mass is 10.0. The van der Waals surface area contributed by atoms with Crippen molar-refractivity contribution in [3.05, 3.63) is 63.1 Å². The molecule has 1 unspecified atom stereocenters. The second-order valence-electron chi connectivity index (χ2n) is 9.23. The van der Waals surface area contributed by atoms with Gasteiger partial charge in [0.15, 0.2) is 11.2 Å². The number of hydrogen-bond acceptors (Lipinski definition) is 5. The zero-order chi connectivity index (χ0) is 23.4. The van der Waals surface area contributed by atoms with Crippen LogP contribution in [0, 0.1) is 0 Å². The quantitative estimate of drug-likeness (QED) is 0.498. The van der Waals surface area contributed by atoms with Gasteiger partial charge in [0.1, 0.15) is 0 Å². The van der Waals surface area contributed by atoms with Crippen LogP contribution < -0.4 is 11.2 Å². The molecule has 8 heteroatoms. The first kappa shape index (κ1) is 23.4. The van der Waals surface area contributed by atoms with Gasteiger partial charge in [0, 0.05) is 46.3 Å². The van der Waals surface area contributed by atoms with Crippen molar-refractivity contribution in [3.8, 4) is 0 Å². The molecule has 1 aromatic carbocycles. The fourth-order valence-corrected chi connectivity index (χ4v) is 5.10. The van der Waals surface area contributed by atoms with E-state index in [-0.39, 0.29) is 11.2 Å². The van der Waals surface area contributed by atoms with Gasteiger partial charge in [-0.1, -0.05) is 37.3 Å². The molecule has 1 aliphatic heterocycles. The lowest BCUT2D eigenvalue weighted by Crippen LogP contribution is -2.48. The molecule has 0 spiro atoms. The summed E-state index contributed by atoms with van der Waals surface area (Å²) >= 11 is 0. The van der Waals surface area contributed by atoms with Crippen molar-refractivity contribution in [3.63, 3.8) is 0 Å². The third kappa shape index (κ3) is 5.12. The molecule has 1 atom stereocenters. The van der Waals surface area contributed by atoms with Crippen LogP contribution in [0.3, 0.4) is 0 Å². The molecule has 0 bridgehead atoms. The topological polar surface area (TPSA) is 68.3 Å². The molecule has 4 rings (SSSR count). The van der Waals surface area contributed by atoms with E-state index >= 15 is 0 Å². The summed E-state index contributed by atoms with van der Waals surface area (Å²) in [6, 6.07) is 11.2. The number of rotatable bonds is 9. The minimum Gasteiger partial charge on any atom is -0.328 e. The second-order valence-corrected chi connectivity index (χ2v) is 9.23. The third-order valence-electron chi connectivity index (χ3n) is 6.78. The minimum atomic E-state index is -0.292. The van der Waals surface area contributed by atoms with Crippen molar-refractivity contribution in [1.29, 1.82) is 0 Å². The summed E-state index contributed by atoms with van der Waals surface area (Å²) in [5, 5.41) is 0. The number of aromatic nitrogens is 4. The predicted molar refractivity (Wildman–Crippen MR) is 131 cm³/mol. The van der Waals surface area contributed by atoms with Crippen LogP contribution in [-0.2, 0) is 27.2 Å². The molecular weight excluding hydrogens is 416 g/mol. The van der Waals surface area contributed by atoms with Crippen LogP contribution in [0.15, 0.2) is 46.2 Å². The Balaban J connectivity index is 1.42. The first-order valence-corrected chi connectivity index (χ1v) is 12.1. The van der Waals surface area contributed by atoms with Crippen LogP contribution in [0.4, 0.5) is 0 Å². The van der Waals surface area contributed by atoms with Crippen molar-refractivity contribution in [2.75, 3.05) is 26.2 Å². The van der Waals surface area contributed by atoms with E-state index in [2.05, 4.69) is 52.0 Å². The van der Waals surface area contributed by atoms with Gasteiger partial charge in [-0.25, -0.2) is 9.78 Å². The Morgan fingerprint density at radius 1 is 1.12 bits per heavy atom. The zero-order valence-electron chi connectivity index (χ0n) is 20.1. The smallest absolute Gasteiger partial charge is 0.328 e. The Labute approximate surface area is 195 Å². The van der Waals surface area contributed by atoms with Crippen LogP contribution in [0.1, 0.15) is 38.2 Å². The number of hydrogen-bond donors (Lipinski definition) is 0. The van der Waals surface area contributed by atoms with E-state index < -0.39 is 0 Å². The maximum atomic E-state index is 13.0. The maximum Gasteiger partial charge on any atom is 0.332 e. The van der Waals surface area contributed by atoms with Gasteiger partial charge in [-0.15, -0.1) is 0 Å². The van der Waals surface area contributed by atoms with E-state index in [1.165, 1.54) is 27.5 Å². The van der Waals surface area contributed by atoms with Crippen molar-refractivity contribution in [2.24, 2.45) is 14.1 Å². The van der Waals surface area contributed by atoms with Gasteiger partial charge in [-0.3, -0.25) is 23.7 Å². The Kier molecular flexibility index (Phi) is 7.45. The van der Waals surface area contributed by atoms with Gasteiger partial charge >= 0.3 is 5.69 Å².